The average molecular weight is 876 g/mol. The molecule has 1 aliphatic carbocycles. The second kappa shape index (κ2) is 22.4. The van der Waals surface area contributed by atoms with E-state index >= 15 is 0 Å². The van der Waals surface area contributed by atoms with Gasteiger partial charge in [0, 0.05) is 24.7 Å². The predicted molar refractivity (Wildman–Crippen MR) is 247 cm³/mol. The highest BCUT2D eigenvalue weighted by Crippen LogP contribution is 2.36. The molecule has 4 aromatic rings. The molecule has 6 atom stereocenters. The molecular formula is C50H65N7O7. The van der Waals surface area contributed by atoms with Gasteiger partial charge in [-0.2, -0.15) is 0 Å². The van der Waals surface area contributed by atoms with Gasteiger partial charge in [0.05, 0.1) is 30.9 Å². The second-order valence-electron chi connectivity index (χ2n) is 18.5. The van der Waals surface area contributed by atoms with E-state index in [1.807, 2.05) is 107 Å². The summed E-state index contributed by atoms with van der Waals surface area (Å²) in [4.78, 5) is 76.1. The number of imidazole rings is 1. The summed E-state index contributed by atoms with van der Waals surface area (Å²) in [5.74, 6) is -2.13. The van der Waals surface area contributed by atoms with Gasteiger partial charge in [-0.1, -0.05) is 113 Å². The van der Waals surface area contributed by atoms with Crippen LogP contribution in [0.1, 0.15) is 107 Å². The van der Waals surface area contributed by atoms with E-state index in [0.29, 0.717) is 25.0 Å². The lowest BCUT2D eigenvalue weighted by atomic mass is 9.94. The molecule has 0 spiro atoms. The van der Waals surface area contributed by atoms with E-state index in [4.69, 9.17) is 4.74 Å². The fourth-order valence-electron chi connectivity index (χ4n) is 7.94. The smallest absolute Gasteiger partial charge is 0.408 e. The van der Waals surface area contributed by atoms with Crippen molar-refractivity contribution in [2.45, 2.75) is 129 Å². The molecule has 1 aromatic heterocycles. The summed E-state index contributed by atoms with van der Waals surface area (Å²) >= 11 is 0. The minimum atomic E-state index is -1.35. The summed E-state index contributed by atoms with van der Waals surface area (Å²) in [5.41, 5.74) is 5.33. The molecule has 0 fully saturated rings. The van der Waals surface area contributed by atoms with Gasteiger partial charge in [-0.3, -0.25) is 19.2 Å². The SMILES string of the molecule is C=C1c2ccccc2CC(NC(=O)[C@H](CC(C)C)NC(=O)CC(O)C(CC(C)C)NC(=O)[C@H](Cc2cnc[nH]2)NC(=O)[C@H](Cc2ccccc2)NC(=O)OC(C)(C)C)c2ccccc21. The van der Waals surface area contributed by atoms with E-state index in [1.54, 1.807) is 20.8 Å². The van der Waals surface area contributed by atoms with E-state index in [9.17, 15) is 29.1 Å². The van der Waals surface area contributed by atoms with Crippen molar-refractivity contribution < 1.29 is 33.8 Å². The summed E-state index contributed by atoms with van der Waals surface area (Å²) in [7, 11) is 0. The van der Waals surface area contributed by atoms with Gasteiger partial charge < -0.3 is 41.4 Å². The molecule has 0 saturated heterocycles. The van der Waals surface area contributed by atoms with Gasteiger partial charge in [0.15, 0.2) is 0 Å². The van der Waals surface area contributed by atoms with E-state index < -0.39 is 66.1 Å². The van der Waals surface area contributed by atoms with Crippen molar-refractivity contribution in [1.82, 2.24) is 36.6 Å². The molecule has 342 valence electrons. The Morgan fingerprint density at radius 1 is 0.766 bits per heavy atom. The van der Waals surface area contributed by atoms with Gasteiger partial charge in [-0.25, -0.2) is 9.78 Å². The number of carbonyl (C=O) groups is 5. The lowest BCUT2D eigenvalue weighted by Gasteiger charge is -2.29. The summed E-state index contributed by atoms with van der Waals surface area (Å²) in [6.45, 7) is 17.3. The maximum atomic E-state index is 14.2. The molecule has 0 radical (unpaired) electrons. The molecule has 0 aliphatic heterocycles. The van der Waals surface area contributed by atoms with Crippen molar-refractivity contribution in [1.29, 1.82) is 0 Å². The van der Waals surface area contributed by atoms with Crippen LogP contribution in [0.2, 0.25) is 0 Å². The number of fused-ring (bicyclic) bond motifs is 2. The predicted octanol–water partition coefficient (Wildman–Crippen LogP) is 5.86. The number of benzene rings is 3. The number of hydrogen-bond acceptors (Lipinski definition) is 8. The third-order valence-corrected chi connectivity index (χ3v) is 10.9. The van der Waals surface area contributed by atoms with Crippen LogP contribution in [0.5, 0.6) is 0 Å². The highest BCUT2D eigenvalue weighted by atomic mass is 16.6. The molecule has 64 heavy (non-hydrogen) atoms. The Labute approximate surface area is 376 Å². The minimum absolute atomic E-state index is 0.00417. The van der Waals surface area contributed by atoms with Crippen molar-refractivity contribution in [3.8, 4) is 0 Å². The zero-order valence-electron chi connectivity index (χ0n) is 38.1. The fraction of sp³-hybridized carbons (Fsp3) is 0.440. The topological polar surface area (TPSA) is 204 Å². The Balaban J connectivity index is 1.30. The first kappa shape index (κ1) is 48.7. The molecule has 3 aromatic carbocycles. The van der Waals surface area contributed by atoms with Crippen LogP contribution in [-0.4, -0.2) is 80.7 Å². The Kier molecular flexibility index (Phi) is 17.0. The number of aliphatic hydroxyl groups is 1. The van der Waals surface area contributed by atoms with Gasteiger partial charge in [0.25, 0.3) is 0 Å². The van der Waals surface area contributed by atoms with Gasteiger partial charge in [0.1, 0.15) is 23.7 Å². The van der Waals surface area contributed by atoms with Gasteiger partial charge in [0.2, 0.25) is 23.6 Å². The normalized spacial score (nSPS) is 15.9. The Morgan fingerprint density at radius 3 is 2.05 bits per heavy atom. The Hall–Kier alpha value is -6.28. The number of ether oxygens (including phenoxy) is 1. The Morgan fingerprint density at radius 2 is 1.39 bits per heavy atom. The highest BCUT2D eigenvalue weighted by molar-refractivity contribution is 5.92. The lowest BCUT2D eigenvalue weighted by molar-refractivity contribution is -0.132. The van der Waals surface area contributed by atoms with Gasteiger partial charge >= 0.3 is 6.09 Å². The van der Waals surface area contributed by atoms with Crippen LogP contribution in [0.15, 0.2) is 98.0 Å². The number of carbonyl (C=O) groups excluding carboxylic acids is 5. The van der Waals surface area contributed by atoms with E-state index in [1.165, 1.54) is 12.5 Å². The van der Waals surface area contributed by atoms with Crippen LogP contribution < -0.4 is 26.6 Å². The standard InChI is InChI=1S/C50H65N7O7/c1-30(2)22-40(55-48(62)43(26-35-28-51-29-52-35)56-47(61)42(24-33-16-10-9-11-17-33)57-49(63)64-50(6,7)8)44(58)27-45(59)53-41(23-31(3)4)46(60)54-39-25-34-18-12-13-19-36(34)32(5)37-20-14-15-21-38(37)39/h9-21,28-31,39-44,58H,5,22-27H2,1-4,6-8H3,(H,51,52)(H,53,59)(H,54,60)(H,55,62)(H,56,61)(H,57,63)/t39?,40?,41-,42-,43-,44?/m0/s1. The lowest BCUT2D eigenvalue weighted by Crippen LogP contribution is -2.58. The molecule has 7 N–H and O–H groups in total. The zero-order valence-corrected chi connectivity index (χ0v) is 38.1. The third-order valence-electron chi connectivity index (χ3n) is 10.9. The molecule has 0 bridgehead atoms. The van der Waals surface area contributed by atoms with Crippen molar-refractivity contribution in [2.24, 2.45) is 11.8 Å². The number of H-pyrrole nitrogens is 1. The molecule has 0 saturated carbocycles. The highest BCUT2D eigenvalue weighted by Gasteiger charge is 2.34. The monoisotopic (exact) mass is 875 g/mol. The molecule has 1 heterocycles. The number of aliphatic hydroxyl groups excluding tert-OH is 1. The summed E-state index contributed by atoms with van der Waals surface area (Å²) < 4.78 is 5.46. The van der Waals surface area contributed by atoms with Crippen molar-refractivity contribution in [3.63, 3.8) is 0 Å². The zero-order chi connectivity index (χ0) is 46.6. The first-order valence-corrected chi connectivity index (χ1v) is 22.1. The molecular weight excluding hydrogens is 811 g/mol. The number of aromatic nitrogens is 2. The first-order valence-electron chi connectivity index (χ1n) is 22.1. The molecule has 5 rings (SSSR count). The molecule has 1 aliphatic rings. The summed E-state index contributed by atoms with van der Waals surface area (Å²) in [6.07, 6.45) is 1.73. The Bertz CT molecular complexity index is 2220. The fourth-order valence-corrected chi connectivity index (χ4v) is 7.94. The van der Waals surface area contributed by atoms with E-state index in [-0.39, 0.29) is 36.6 Å². The number of aromatic amines is 1. The van der Waals surface area contributed by atoms with Crippen LogP contribution in [-0.2, 0) is 43.2 Å². The molecule has 5 amide bonds. The van der Waals surface area contributed by atoms with Crippen molar-refractivity contribution >= 4 is 35.3 Å². The first-order chi connectivity index (χ1) is 30.4. The number of alkyl carbamates (subject to hydrolysis) is 1. The van der Waals surface area contributed by atoms with Gasteiger partial charge in [-0.15, -0.1) is 0 Å². The maximum Gasteiger partial charge on any atom is 0.408 e. The van der Waals surface area contributed by atoms with Crippen LogP contribution >= 0.6 is 0 Å². The van der Waals surface area contributed by atoms with Crippen LogP contribution in [0, 0.1) is 11.8 Å². The van der Waals surface area contributed by atoms with E-state index in [2.05, 4.69) is 43.1 Å². The molecule has 14 nitrogen and oxygen atoms in total. The van der Waals surface area contributed by atoms with E-state index in [0.717, 1.165) is 33.4 Å². The second-order valence-corrected chi connectivity index (χ2v) is 18.5. The van der Waals surface area contributed by atoms with Crippen LogP contribution in [0.4, 0.5) is 4.79 Å². The average Bonchev–Trinajstić information content (AvgIpc) is 3.71. The number of amides is 5. The third kappa shape index (κ3) is 14.4. The number of hydrogen-bond donors (Lipinski definition) is 7. The van der Waals surface area contributed by atoms with Crippen molar-refractivity contribution in [3.05, 3.63) is 131 Å². The molecule has 14 heteroatoms. The maximum absolute atomic E-state index is 14.2. The number of rotatable bonds is 19. The summed E-state index contributed by atoms with van der Waals surface area (Å²) in [5, 5.41) is 26.1. The number of nitrogens with zero attached hydrogens (tertiary/aromatic N) is 1. The van der Waals surface area contributed by atoms with Crippen molar-refractivity contribution in [2.75, 3.05) is 0 Å². The quantitative estimate of drug-likeness (QED) is 0.0607. The number of nitrogens with one attached hydrogen (secondary N) is 6. The van der Waals surface area contributed by atoms with Crippen LogP contribution in [0.3, 0.4) is 0 Å². The van der Waals surface area contributed by atoms with Crippen LogP contribution in [0.25, 0.3) is 5.57 Å². The minimum Gasteiger partial charge on any atom is -0.444 e. The van der Waals surface area contributed by atoms with Gasteiger partial charge in [-0.05, 0) is 85.3 Å². The molecule has 3 unspecified atom stereocenters. The largest absolute Gasteiger partial charge is 0.444 e. The summed E-state index contributed by atoms with van der Waals surface area (Å²) in [6, 6.07) is 20.5.